The summed E-state index contributed by atoms with van der Waals surface area (Å²) in [4.78, 5) is 32.7. The van der Waals surface area contributed by atoms with Crippen molar-refractivity contribution in [2.24, 2.45) is 4.99 Å². The summed E-state index contributed by atoms with van der Waals surface area (Å²) in [6.07, 6.45) is 3.25. The summed E-state index contributed by atoms with van der Waals surface area (Å²) in [6, 6.07) is 7.20. The lowest BCUT2D eigenvalue weighted by Crippen LogP contribution is -2.47. The van der Waals surface area contributed by atoms with E-state index in [-0.39, 0.29) is 17.1 Å². The molecule has 1 amide bonds. The van der Waals surface area contributed by atoms with Crippen LogP contribution in [0.5, 0.6) is 0 Å². The molecule has 1 spiro atoms. The third-order valence-corrected chi connectivity index (χ3v) is 7.07. The van der Waals surface area contributed by atoms with Crippen molar-refractivity contribution < 1.29 is 13.6 Å². The largest absolute Gasteiger partial charge is 0.375 e. The van der Waals surface area contributed by atoms with E-state index in [0.717, 1.165) is 12.8 Å². The van der Waals surface area contributed by atoms with Crippen molar-refractivity contribution in [1.29, 1.82) is 0 Å². The molecule has 168 valence electrons. The number of H-pyrrole nitrogens is 1. The minimum absolute atomic E-state index is 0.0943. The number of aromatic nitrogens is 2. The van der Waals surface area contributed by atoms with Gasteiger partial charge >= 0.3 is 0 Å². The Morgan fingerprint density at radius 1 is 1.06 bits per heavy atom. The third-order valence-electron chi connectivity index (χ3n) is 7.07. The Kier molecular flexibility index (Phi) is 4.21. The van der Waals surface area contributed by atoms with Crippen molar-refractivity contribution in [2.45, 2.75) is 50.2 Å². The summed E-state index contributed by atoms with van der Waals surface area (Å²) in [5.74, 6) is -0.471. The number of hydrogen-bond acceptors (Lipinski definition) is 5. The van der Waals surface area contributed by atoms with Crippen LogP contribution in [-0.2, 0) is 4.79 Å². The minimum Gasteiger partial charge on any atom is -0.375 e. The van der Waals surface area contributed by atoms with Gasteiger partial charge in [-0.25, -0.2) is 13.9 Å². The number of amides is 1. The molecule has 3 aromatic rings. The van der Waals surface area contributed by atoms with E-state index >= 15 is 0 Å². The Morgan fingerprint density at radius 3 is 2.52 bits per heavy atom. The van der Waals surface area contributed by atoms with Crippen LogP contribution in [0.25, 0.3) is 10.8 Å². The number of anilines is 1. The Morgan fingerprint density at radius 2 is 1.79 bits per heavy atom. The van der Waals surface area contributed by atoms with E-state index in [4.69, 9.17) is 4.99 Å². The zero-order chi connectivity index (χ0) is 22.9. The second-order valence-corrected chi connectivity index (χ2v) is 9.01. The zero-order valence-electron chi connectivity index (χ0n) is 17.9. The van der Waals surface area contributed by atoms with Crippen LogP contribution in [-0.4, -0.2) is 32.4 Å². The molecule has 1 aromatic heterocycles. The quantitative estimate of drug-likeness (QED) is 0.619. The molecular formula is C24H21F2N5O2. The van der Waals surface area contributed by atoms with Crippen molar-refractivity contribution in [2.75, 3.05) is 5.32 Å². The Labute approximate surface area is 187 Å². The van der Waals surface area contributed by atoms with Gasteiger partial charge in [0.15, 0.2) is 0 Å². The van der Waals surface area contributed by atoms with E-state index in [2.05, 4.69) is 15.5 Å². The number of nitrogens with zero attached hydrogens (tertiary/aromatic N) is 3. The van der Waals surface area contributed by atoms with Gasteiger partial charge < -0.3 is 5.32 Å². The van der Waals surface area contributed by atoms with Crippen LogP contribution in [0.2, 0.25) is 0 Å². The second kappa shape index (κ2) is 6.94. The van der Waals surface area contributed by atoms with Gasteiger partial charge in [0.1, 0.15) is 29.1 Å². The number of benzene rings is 2. The van der Waals surface area contributed by atoms with Gasteiger partial charge in [-0.05, 0) is 49.6 Å². The lowest BCUT2D eigenvalue weighted by atomic mass is 9.87. The number of aromatic amines is 1. The van der Waals surface area contributed by atoms with Crippen LogP contribution in [0, 0.1) is 11.6 Å². The molecular weight excluding hydrogens is 428 g/mol. The van der Waals surface area contributed by atoms with Crippen LogP contribution in [0.15, 0.2) is 46.2 Å². The maximum absolute atomic E-state index is 14.4. The monoisotopic (exact) mass is 449 g/mol. The lowest BCUT2D eigenvalue weighted by Gasteiger charge is -2.40. The average Bonchev–Trinajstić information content (AvgIpc) is 3.35. The van der Waals surface area contributed by atoms with Crippen molar-refractivity contribution in [3.63, 3.8) is 0 Å². The summed E-state index contributed by atoms with van der Waals surface area (Å²) >= 11 is 0. The highest BCUT2D eigenvalue weighted by Crippen LogP contribution is 2.49. The summed E-state index contributed by atoms with van der Waals surface area (Å²) in [6.45, 7) is 1.80. The molecule has 33 heavy (non-hydrogen) atoms. The number of rotatable bonds is 2. The van der Waals surface area contributed by atoms with Crippen LogP contribution in [0.3, 0.4) is 0 Å². The highest BCUT2D eigenvalue weighted by Gasteiger charge is 2.53. The smallest absolute Gasteiger partial charge is 0.272 e. The van der Waals surface area contributed by atoms with E-state index in [9.17, 15) is 18.4 Å². The molecule has 0 radical (unpaired) electrons. The number of carbonyl (C=O) groups excluding carboxylic acids is 1. The normalized spacial score (nSPS) is 23.3. The van der Waals surface area contributed by atoms with Crippen molar-refractivity contribution in [3.05, 3.63) is 69.6 Å². The van der Waals surface area contributed by atoms with Gasteiger partial charge in [0.2, 0.25) is 0 Å². The molecule has 2 aliphatic heterocycles. The summed E-state index contributed by atoms with van der Waals surface area (Å²) < 4.78 is 28.1. The highest BCUT2D eigenvalue weighted by atomic mass is 19.1. The van der Waals surface area contributed by atoms with Gasteiger partial charge in [-0.2, -0.15) is 5.10 Å². The van der Waals surface area contributed by atoms with E-state index < -0.39 is 29.0 Å². The molecule has 9 heteroatoms. The topological polar surface area (TPSA) is 90.5 Å². The molecule has 2 atom stereocenters. The van der Waals surface area contributed by atoms with Gasteiger partial charge in [0.05, 0.1) is 17.1 Å². The van der Waals surface area contributed by atoms with E-state index in [1.165, 1.54) is 24.3 Å². The van der Waals surface area contributed by atoms with Crippen LogP contribution in [0.4, 0.5) is 14.5 Å². The zero-order valence-corrected chi connectivity index (χ0v) is 17.9. The number of aliphatic imine (C=N–C) groups is 1. The summed E-state index contributed by atoms with van der Waals surface area (Å²) in [7, 11) is 0. The van der Waals surface area contributed by atoms with Crippen molar-refractivity contribution in [3.8, 4) is 0 Å². The standard InChI is InChI=1S/C24H21F2N5O2/c1-12-28-24(8-2-3-9-24)23(33)31(12)21-19(13-4-6-14(25)7-5-13)27-17-11-15(26)10-16-18(17)20(21)29-30-22(16)32/h4-7,10-11,19,21,27H,2-3,8-9H2,1H3,(H,30,32)/t19-,21-/m0/s1. The number of amidine groups is 1. The molecule has 6 rings (SSSR count). The minimum atomic E-state index is -0.762. The molecule has 2 aromatic carbocycles. The average molecular weight is 449 g/mol. The first-order valence-electron chi connectivity index (χ1n) is 11.0. The Balaban J connectivity index is 1.59. The molecule has 0 bridgehead atoms. The fraction of sp³-hybridized carbons (Fsp3) is 0.333. The van der Waals surface area contributed by atoms with Crippen LogP contribution < -0.4 is 10.9 Å². The van der Waals surface area contributed by atoms with Crippen LogP contribution in [0.1, 0.15) is 55.9 Å². The van der Waals surface area contributed by atoms with Gasteiger partial charge in [-0.3, -0.25) is 19.5 Å². The van der Waals surface area contributed by atoms with Crippen LogP contribution >= 0.6 is 0 Å². The molecule has 1 saturated carbocycles. The van der Waals surface area contributed by atoms with Gasteiger partial charge in [0, 0.05) is 11.1 Å². The van der Waals surface area contributed by atoms with E-state index in [1.807, 2.05) is 0 Å². The molecule has 7 nitrogen and oxygen atoms in total. The molecule has 1 aliphatic carbocycles. The molecule has 0 saturated heterocycles. The number of nitrogens with one attached hydrogen (secondary N) is 2. The van der Waals surface area contributed by atoms with Gasteiger partial charge in [-0.1, -0.05) is 25.0 Å². The first-order chi connectivity index (χ1) is 15.9. The molecule has 0 unspecified atom stereocenters. The molecule has 2 N–H and O–H groups in total. The van der Waals surface area contributed by atoms with Crippen molar-refractivity contribution >= 4 is 28.2 Å². The first kappa shape index (κ1) is 20.0. The van der Waals surface area contributed by atoms with E-state index in [1.54, 1.807) is 24.0 Å². The molecule has 3 aliphatic rings. The summed E-state index contributed by atoms with van der Waals surface area (Å²) in [5.41, 5.74) is 0.277. The second-order valence-electron chi connectivity index (χ2n) is 9.01. The predicted octanol–water partition coefficient (Wildman–Crippen LogP) is 3.98. The van der Waals surface area contributed by atoms with Crippen molar-refractivity contribution in [1.82, 2.24) is 15.1 Å². The third kappa shape index (κ3) is 2.84. The fourth-order valence-electron chi connectivity index (χ4n) is 5.62. The maximum atomic E-state index is 14.4. The lowest BCUT2D eigenvalue weighted by molar-refractivity contribution is -0.133. The van der Waals surface area contributed by atoms with Gasteiger partial charge in [0.25, 0.3) is 11.5 Å². The first-order valence-corrected chi connectivity index (χ1v) is 11.0. The number of carbonyl (C=O) groups is 1. The summed E-state index contributed by atoms with van der Waals surface area (Å²) in [5, 5.41) is 10.7. The molecule has 3 heterocycles. The fourth-order valence-corrected chi connectivity index (χ4v) is 5.62. The predicted molar refractivity (Wildman–Crippen MR) is 119 cm³/mol. The van der Waals surface area contributed by atoms with Gasteiger partial charge in [-0.15, -0.1) is 0 Å². The Bertz CT molecular complexity index is 1390. The van der Waals surface area contributed by atoms with E-state index in [0.29, 0.717) is 41.0 Å². The maximum Gasteiger partial charge on any atom is 0.272 e. The Hall–Kier alpha value is -3.62. The molecule has 1 fully saturated rings. The number of hydrogen-bond donors (Lipinski definition) is 2. The number of halogens is 2. The SMILES string of the molecule is CC1=NC2(CCCC2)C(=O)N1[C@@H]1c2n[nH]c(=O)c3cc(F)cc(c23)N[C@H]1c1ccc(F)cc1. The highest BCUT2D eigenvalue weighted by molar-refractivity contribution is 6.09.